The molecule has 8 rings (SSSR count). The highest BCUT2D eigenvalue weighted by molar-refractivity contribution is 6.01. The number of benzene rings is 4. The summed E-state index contributed by atoms with van der Waals surface area (Å²) in [6.45, 7) is 14.3. The van der Waals surface area contributed by atoms with Crippen LogP contribution in [0.15, 0.2) is 97.1 Å². The summed E-state index contributed by atoms with van der Waals surface area (Å²) in [5.74, 6) is -2.81. The summed E-state index contributed by atoms with van der Waals surface area (Å²) in [5, 5.41) is 17.2. The molecule has 2 amide bonds. The smallest absolute Gasteiger partial charge is 0.408 e. The second kappa shape index (κ2) is 25.4. The molecule has 1 aliphatic heterocycles. The molecule has 0 bridgehead atoms. The van der Waals surface area contributed by atoms with E-state index in [-0.39, 0.29) is 56.2 Å². The van der Waals surface area contributed by atoms with Crippen LogP contribution in [0, 0.1) is 0 Å². The summed E-state index contributed by atoms with van der Waals surface area (Å²) in [6.07, 6.45) is 0.00346. The largest absolute Gasteiger partial charge is 0.480 e. The van der Waals surface area contributed by atoms with Crippen molar-refractivity contribution in [3.05, 3.63) is 120 Å². The van der Waals surface area contributed by atoms with Gasteiger partial charge in [0, 0.05) is 72.7 Å². The molecule has 9 N–H and O–H groups in total. The van der Waals surface area contributed by atoms with Gasteiger partial charge in [-0.1, -0.05) is 55.5 Å². The maximum atomic E-state index is 12.8. The van der Waals surface area contributed by atoms with E-state index < -0.39 is 34.7 Å². The van der Waals surface area contributed by atoms with Crippen LogP contribution in [-0.4, -0.2) is 118 Å². The molecule has 6 aromatic rings. The number of carboxylic acid groups (broad SMARTS) is 1. The fourth-order valence-corrected chi connectivity index (χ4v) is 9.65. The average molecular weight is 1060 g/mol. The van der Waals surface area contributed by atoms with Crippen LogP contribution in [0.25, 0.3) is 32.9 Å². The molecular weight excluding hydrogens is 985 g/mol. The first-order valence-corrected chi connectivity index (χ1v) is 26.0. The number of nitrogens with two attached hydrogens (primary N) is 3. The number of nitrogens with zero attached hydrogens (tertiary/aromatic N) is 3. The molecule has 1 aliphatic carbocycles. The fraction of sp³-hybridized carbons (Fsp3) is 0.414. The zero-order valence-electron chi connectivity index (χ0n) is 45.4. The number of esters is 3. The minimum atomic E-state index is -1.74. The van der Waals surface area contributed by atoms with Gasteiger partial charge in [0.25, 0.3) is 0 Å². The predicted octanol–water partition coefficient (Wildman–Crippen LogP) is 7.86. The van der Waals surface area contributed by atoms with Crippen LogP contribution in [0.1, 0.15) is 112 Å². The van der Waals surface area contributed by atoms with Crippen molar-refractivity contribution in [3.8, 4) is 11.1 Å². The number of carbonyl (C=O) groups is 6. The Balaban J connectivity index is 0.000000199. The standard InChI is InChI=1S/C26H32N2O6.C20H28N4O3.C12H14N2O2/c1-25(2,3)34-22(29)12-13-26(14-15-27,23(30)31)28-24(32)33-16-21-19-10-6-4-8-17(19)18-9-5-7-11-20(18)21;1-4-24-10-8-20(21,9-11-24)19(26)22-15-6-7-16-14(12-15)13-17(23(16)3)18(25)27-5-2;1-3-16-12(15)11-7-8-6-9(13)4-5-10(8)14(11)2/h4-11,21H,12-16,27H2,1-3H3,(H,28,32)(H,30,31);6-7,12-13H,4-5,8-11,21H2,1-3H3,(H,22,26);4-7H,3,13H2,1-2H3. The number of piperidine rings is 1. The molecule has 1 fully saturated rings. The summed E-state index contributed by atoms with van der Waals surface area (Å²) >= 11 is 0. The number of aromatic nitrogens is 2. The van der Waals surface area contributed by atoms with E-state index in [9.17, 15) is 33.9 Å². The number of hydrogen-bond donors (Lipinski definition) is 6. The van der Waals surface area contributed by atoms with Crippen LogP contribution >= 0.6 is 0 Å². The van der Waals surface area contributed by atoms with E-state index >= 15 is 0 Å². The SMILES string of the molecule is CC(C)(C)OC(=O)CCC(CCN)(NC(=O)OCC1c2ccccc2-c2ccccc21)C(=O)O.CCOC(=O)c1cc2cc(N)ccc2n1C.CCOC(=O)c1cc2cc(NC(=O)C3(N)CCN(CC)CC3)ccc2n1C. The van der Waals surface area contributed by atoms with Crippen LogP contribution in [-0.2, 0) is 47.4 Å². The number of alkyl carbamates (subject to hydrolysis) is 1. The van der Waals surface area contributed by atoms with Crippen molar-refractivity contribution in [3.63, 3.8) is 0 Å². The minimum Gasteiger partial charge on any atom is -0.480 e. The second-order valence-corrected chi connectivity index (χ2v) is 20.2. The van der Waals surface area contributed by atoms with Gasteiger partial charge in [-0.05, 0) is 144 Å². The number of hydrogen-bond acceptors (Lipinski definition) is 14. The van der Waals surface area contributed by atoms with Gasteiger partial charge >= 0.3 is 30.0 Å². The Kier molecular flexibility index (Phi) is 19.3. The van der Waals surface area contributed by atoms with Gasteiger partial charge in [-0.25, -0.2) is 19.2 Å². The van der Waals surface area contributed by atoms with Gasteiger partial charge in [0.1, 0.15) is 29.1 Å². The predicted molar refractivity (Wildman–Crippen MR) is 296 cm³/mol. The molecule has 19 heteroatoms. The van der Waals surface area contributed by atoms with Crippen molar-refractivity contribution in [2.75, 3.05) is 57.1 Å². The third-order valence-electron chi connectivity index (χ3n) is 13.8. The lowest BCUT2D eigenvalue weighted by Crippen LogP contribution is -2.57. The molecule has 3 heterocycles. The summed E-state index contributed by atoms with van der Waals surface area (Å²) < 4.78 is 24.5. The zero-order chi connectivity index (χ0) is 56.2. The minimum absolute atomic E-state index is 0.00424. The second-order valence-electron chi connectivity index (χ2n) is 20.2. The number of carboxylic acids is 1. The first-order valence-electron chi connectivity index (χ1n) is 26.0. The number of nitrogen functional groups attached to an aromatic ring is 1. The molecule has 412 valence electrons. The van der Waals surface area contributed by atoms with Crippen LogP contribution in [0.5, 0.6) is 0 Å². The summed E-state index contributed by atoms with van der Waals surface area (Å²) in [4.78, 5) is 75.8. The molecule has 1 unspecified atom stereocenters. The Morgan fingerprint density at radius 1 is 0.727 bits per heavy atom. The van der Waals surface area contributed by atoms with E-state index in [4.69, 9.17) is 36.1 Å². The van der Waals surface area contributed by atoms with E-state index in [2.05, 4.69) is 22.5 Å². The molecule has 0 radical (unpaired) electrons. The lowest BCUT2D eigenvalue weighted by atomic mass is 9.87. The molecule has 1 atom stereocenters. The number of ether oxygens (including phenoxy) is 4. The number of fused-ring (bicyclic) bond motifs is 5. The van der Waals surface area contributed by atoms with E-state index in [1.807, 2.05) is 104 Å². The van der Waals surface area contributed by atoms with Gasteiger partial charge < -0.3 is 65.9 Å². The van der Waals surface area contributed by atoms with Gasteiger partial charge in [-0.15, -0.1) is 0 Å². The number of amides is 2. The molecular formula is C58H74N8O11. The molecule has 2 aromatic heterocycles. The number of aliphatic carboxylic acids is 1. The van der Waals surface area contributed by atoms with Crippen LogP contribution in [0.4, 0.5) is 16.2 Å². The van der Waals surface area contributed by atoms with Gasteiger partial charge in [0.15, 0.2) is 0 Å². The normalized spacial score (nSPS) is 14.6. The van der Waals surface area contributed by atoms with Crippen molar-refractivity contribution in [1.29, 1.82) is 0 Å². The van der Waals surface area contributed by atoms with Crippen molar-refractivity contribution in [2.24, 2.45) is 25.6 Å². The first-order chi connectivity index (χ1) is 36.6. The van der Waals surface area contributed by atoms with Gasteiger partial charge in [-0.3, -0.25) is 9.59 Å². The highest BCUT2D eigenvalue weighted by atomic mass is 16.6. The van der Waals surface area contributed by atoms with E-state index in [1.165, 1.54) is 0 Å². The Labute approximate surface area is 449 Å². The van der Waals surface area contributed by atoms with E-state index in [1.54, 1.807) is 51.3 Å². The number of likely N-dealkylation sites (tertiary alicyclic amines) is 1. The Hall–Kier alpha value is -7.74. The number of aryl methyl sites for hydroxylation is 2. The lowest BCUT2D eigenvalue weighted by molar-refractivity contribution is -0.156. The van der Waals surface area contributed by atoms with Crippen molar-refractivity contribution in [1.82, 2.24) is 19.4 Å². The van der Waals surface area contributed by atoms with Gasteiger partial charge in [-0.2, -0.15) is 0 Å². The topological polar surface area (TPSA) is 275 Å². The maximum Gasteiger partial charge on any atom is 0.408 e. The quantitative estimate of drug-likeness (QED) is 0.0306. The lowest BCUT2D eigenvalue weighted by Gasteiger charge is -2.37. The molecule has 0 saturated carbocycles. The van der Waals surface area contributed by atoms with Crippen molar-refractivity contribution < 1.29 is 52.8 Å². The fourth-order valence-electron chi connectivity index (χ4n) is 9.65. The number of anilines is 2. The third kappa shape index (κ3) is 14.2. The van der Waals surface area contributed by atoms with Crippen LogP contribution in [0.2, 0.25) is 0 Å². The molecule has 0 spiro atoms. The average Bonchev–Trinajstić information content (AvgIpc) is 4.03. The molecule has 2 aliphatic rings. The van der Waals surface area contributed by atoms with Gasteiger partial charge in [0.2, 0.25) is 5.91 Å². The first kappa shape index (κ1) is 58.5. The summed E-state index contributed by atoms with van der Waals surface area (Å²) in [6, 6.07) is 30.6. The monoisotopic (exact) mass is 1060 g/mol. The van der Waals surface area contributed by atoms with Crippen LogP contribution < -0.4 is 27.8 Å². The summed E-state index contributed by atoms with van der Waals surface area (Å²) in [7, 11) is 3.66. The Morgan fingerprint density at radius 3 is 1.77 bits per heavy atom. The molecule has 19 nitrogen and oxygen atoms in total. The van der Waals surface area contributed by atoms with E-state index in [0.717, 1.165) is 63.7 Å². The Morgan fingerprint density at radius 2 is 1.26 bits per heavy atom. The van der Waals surface area contributed by atoms with Crippen LogP contribution in [0.3, 0.4) is 0 Å². The Bertz CT molecular complexity index is 3050. The van der Waals surface area contributed by atoms with Crippen molar-refractivity contribution in [2.45, 2.75) is 96.2 Å². The molecule has 1 saturated heterocycles. The number of carbonyl (C=O) groups excluding carboxylic acids is 5. The van der Waals surface area contributed by atoms with E-state index in [0.29, 0.717) is 48.8 Å². The highest BCUT2D eigenvalue weighted by Crippen LogP contribution is 2.44. The highest BCUT2D eigenvalue weighted by Gasteiger charge is 2.41. The molecule has 4 aromatic carbocycles. The number of nitrogens with one attached hydrogen (secondary N) is 2. The van der Waals surface area contributed by atoms with Crippen molar-refractivity contribution >= 4 is 69.1 Å². The van der Waals surface area contributed by atoms with Gasteiger partial charge in [0.05, 0.1) is 18.8 Å². The zero-order valence-corrected chi connectivity index (χ0v) is 45.4. The summed E-state index contributed by atoms with van der Waals surface area (Å²) in [5.41, 5.74) is 23.0. The third-order valence-corrected chi connectivity index (χ3v) is 13.8. The number of rotatable bonds is 16. The maximum absolute atomic E-state index is 12.8. The molecule has 77 heavy (non-hydrogen) atoms.